The molecule has 1 aliphatic carbocycles. The Morgan fingerprint density at radius 2 is 0.893 bits per heavy atom. The first kappa shape index (κ1) is 31.8. The fourth-order valence-electron chi connectivity index (χ4n) is 9.93. The van der Waals surface area contributed by atoms with Gasteiger partial charge in [0.2, 0.25) is 0 Å². The zero-order valence-corrected chi connectivity index (χ0v) is 32.0. The lowest BCUT2D eigenvalue weighted by Crippen LogP contribution is -2.14. The Labute approximate surface area is 329 Å². The van der Waals surface area contributed by atoms with Gasteiger partial charge in [0.15, 0.2) is 0 Å². The van der Waals surface area contributed by atoms with Gasteiger partial charge in [-0.1, -0.05) is 178 Å². The van der Waals surface area contributed by atoms with Gasteiger partial charge in [-0.2, -0.15) is 0 Å². The van der Waals surface area contributed by atoms with E-state index >= 15 is 0 Å². The third-order valence-corrected chi connectivity index (χ3v) is 13.9. The van der Waals surface area contributed by atoms with E-state index in [2.05, 4.69) is 196 Å². The first-order chi connectivity index (χ1) is 27.5. The highest BCUT2D eigenvalue weighted by Gasteiger charge is 2.36. The molecule has 0 atom stereocenters. The molecule has 0 bridgehead atoms. The van der Waals surface area contributed by atoms with Gasteiger partial charge in [0.1, 0.15) is 0 Å². The molecule has 1 aliphatic rings. The van der Waals surface area contributed by atoms with E-state index < -0.39 is 0 Å². The first-order valence-corrected chi connectivity index (χ1v) is 20.4. The standard InChI is InChI=1S/C55H36S/c1-55(2)49-29-27-37(30-46(49)47-32-51-48(31-50(47)55)45-28-26-35-13-4-6-16-39(35)54(45)56-51)33-22-24-36(25-23-33)52-41-17-7-9-19-43(41)53(44-20-10-8-18-42(44)52)40-21-11-14-34-12-3-5-15-38(34)40/h3-32H,1-2H3. The molecule has 0 nitrogen and oxygen atoms in total. The second-order valence-electron chi connectivity index (χ2n) is 16.0. The highest BCUT2D eigenvalue weighted by molar-refractivity contribution is 7.26. The maximum atomic E-state index is 2.49. The molecule has 0 amide bonds. The molecule has 10 aromatic carbocycles. The van der Waals surface area contributed by atoms with Gasteiger partial charge < -0.3 is 0 Å². The minimum Gasteiger partial charge on any atom is -0.135 e. The minimum atomic E-state index is -0.0767. The van der Waals surface area contributed by atoms with Crippen molar-refractivity contribution in [1.82, 2.24) is 0 Å². The van der Waals surface area contributed by atoms with Gasteiger partial charge in [-0.3, -0.25) is 0 Å². The van der Waals surface area contributed by atoms with Crippen molar-refractivity contribution in [2.75, 3.05) is 0 Å². The van der Waals surface area contributed by atoms with E-state index in [9.17, 15) is 0 Å². The molecule has 0 saturated carbocycles. The molecule has 1 heteroatoms. The summed E-state index contributed by atoms with van der Waals surface area (Å²) in [6.45, 7) is 4.78. The average molecular weight is 729 g/mol. The van der Waals surface area contributed by atoms with Crippen LogP contribution < -0.4 is 0 Å². The van der Waals surface area contributed by atoms with Crippen molar-refractivity contribution < 1.29 is 0 Å². The maximum absolute atomic E-state index is 2.49. The molecule has 1 aromatic heterocycles. The van der Waals surface area contributed by atoms with Crippen LogP contribution in [-0.4, -0.2) is 0 Å². The van der Waals surface area contributed by atoms with E-state index in [4.69, 9.17) is 0 Å². The average Bonchev–Trinajstić information content (AvgIpc) is 3.73. The highest BCUT2D eigenvalue weighted by atomic mass is 32.1. The Balaban J connectivity index is 0.989. The molecule has 262 valence electrons. The molecule has 11 aromatic rings. The van der Waals surface area contributed by atoms with Crippen LogP contribution in [0.25, 0.3) is 108 Å². The normalized spacial score (nSPS) is 13.3. The van der Waals surface area contributed by atoms with Crippen molar-refractivity contribution >= 4 is 74.6 Å². The molecule has 0 fully saturated rings. The fraction of sp³-hybridized carbons (Fsp3) is 0.0545. The van der Waals surface area contributed by atoms with Gasteiger partial charge in [-0.25, -0.2) is 0 Å². The van der Waals surface area contributed by atoms with Crippen LogP contribution >= 0.6 is 11.3 Å². The Morgan fingerprint density at radius 1 is 0.339 bits per heavy atom. The van der Waals surface area contributed by atoms with Crippen molar-refractivity contribution in [2.45, 2.75) is 19.3 Å². The monoisotopic (exact) mass is 728 g/mol. The number of hydrogen-bond acceptors (Lipinski definition) is 1. The number of hydrogen-bond donors (Lipinski definition) is 0. The van der Waals surface area contributed by atoms with Gasteiger partial charge in [0.25, 0.3) is 0 Å². The molecule has 0 spiro atoms. The Morgan fingerprint density at radius 3 is 1.61 bits per heavy atom. The largest absolute Gasteiger partial charge is 0.135 e. The zero-order chi connectivity index (χ0) is 37.1. The summed E-state index contributed by atoms with van der Waals surface area (Å²) in [5.74, 6) is 0. The highest BCUT2D eigenvalue weighted by Crippen LogP contribution is 2.53. The van der Waals surface area contributed by atoms with Gasteiger partial charge >= 0.3 is 0 Å². The zero-order valence-electron chi connectivity index (χ0n) is 31.2. The molecule has 0 saturated heterocycles. The predicted molar refractivity (Wildman–Crippen MR) is 243 cm³/mol. The van der Waals surface area contributed by atoms with E-state index in [1.54, 1.807) is 0 Å². The third kappa shape index (κ3) is 4.47. The first-order valence-electron chi connectivity index (χ1n) is 19.6. The van der Waals surface area contributed by atoms with Crippen molar-refractivity contribution in [2.24, 2.45) is 0 Å². The van der Waals surface area contributed by atoms with Crippen molar-refractivity contribution in [1.29, 1.82) is 0 Å². The van der Waals surface area contributed by atoms with Crippen molar-refractivity contribution in [3.05, 3.63) is 193 Å². The number of thiophene rings is 1. The minimum absolute atomic E-state index is 0.0767. The van der Waals surface area contributed by atoms with E-state index in [0.717, 1.165) is 0 Å². The second kappa shape index (κ2) is 11.7. The van der Waals surface area contributed by atoms with Gasteiger partial charge in [0, 0.05) is 25.6 Å². The SMILES string of the molecule is CC1(C)c2ccc(-c3ccc(-c4c5ccccc5c(-c5cccc6ccccc56)c5ccccc45)cc3)cc2-c2cc3sc4c5ccccc5ccc4c3cc21. The molecule has 12 rings (SSSR count). The second-order valence-corrected chi connectivity index (χ2v) is 17.0. The molecule has 1 heterocycles. The summed E-state index contributed by atoms with van der Waals surface area (Å²) in [7, 11) is 0. The third-order valence-electron chi connectivity index (χ3n) is 12.7. The van der Waals surface area contributed by atoms with Gasteiger partial charge in [0.05, 0.1) is 0 Å². The molecular weight excluding hydrogens is 693 g/mol. The van der Waals surface area contributed by atoms with Gasteiger partial charge in [-0.15, -0.1) is 11.3 Å². The lowest BCUT2D eigenvalue weighted by atomic mass is 9.81. The van der Waals surface area contributed by atoms with E-state index in [1.165, 1.54) is 119 Å². The van der Waals surface area contributed by atoms with Crippen molar-refractivity contribution in [3.8, 4) is 44.5 Å². The Hall–Kier alpha value is -6.54. The smallest absolute Gasteiger partial charge is 0.0433 e. The maximum Gasteiger partial charge on any atom is 0.0433 e. The summed E-state index contributed by atoms with van der Waals surface area (Å²) >= 11 is 1.93. The summed E-state index contributed by atoms with van der Waals surface area (Å²) in [5.41, 5.74) is 13.1. The van der Waals surface area contributed by atoms with Crippen LogP contribution in [0.3, 0.4) is 0 Å². The summed E-state index contributed by atoms with van der Waals surface area (Å²) < 4.78 is 2.75. The van der Waals surface area contributed by atoms with Crippen LogP contribution in [0.5, 0.6) is 0 Å². The lowest BCUT2D eigenvalue weighted by Gasteiger charge is -2.21. The van der Waals surface area contributed by atoms with Crippen LogP contribution in [-0.2, 0) is 5.41 Å². The van der Waals surface area contributed by atoms with Crippen LogP contribution in [0.1, 0.15) is 25.0 Å². The molecule has 56 heavy (non-hydrogen) atoms. The molecule has 0 N–H and O–H groups in total. The van der Waals surface area contributed by atoms with E-state index in [0.29, 0.717) is 0 Å². The summed E-state index contributed by atoms with van der Waals surface area (Å²) in [5, 5.41) is 13.0. The van der Waals surface area contributed by atoms with Gasteiger partial charge in [-0.05, 0) is 117 Å². The Kier molecular flexibility index (Phi) is 6.66. The molecule has 0 aliphatic heterocycles. The van der Waals surface area contributed by atoms with Crippen LogP contribution in [0, 0.1) is 0 Å². The Bertz CT molecular complexity index is 3370. The number of rotatable bonds is 3. The lowest BCUT2D eigenvalue weighted by molar-refractivity contribution is 0.661. The number of benzene rings is 10. The van der Waals surface area contributed by atoms with E-state index in [-0.39, 0.29) is 5.41 Å². The molecule has 0 radical (unpaired) electrons. The fourth-order valence-corrected chi connectivity index (χ4v) is 11.2. The van der Waals surface area contributed by atoms with Crippen LogP contribution in [0.15, 0.2) is 182 Å². The topological polar surface area (TPSA) is 0 Å². The number of fused-ring (bicyclic) bond motifs is 11. The molecular formula is C55H36S. The predicted octanol–water partition coefficient (Wildman–Crippen LogP) is 16.0. The summed E-state index contributed by atoms with van der Waals surface area (Å²) in [6.07, 6.45) is 0. The van der Waals surface area contributed by atoms with Crippen molar-refractivity contribution in [3.63, 3.8) is 0 Å². The van der Waals surface area contributed by atoms with E-state index in [1.807, 2.05) is 11.3 Å². The quantitative estimate of drug-likeness (QED) is 0.159. The van der Waals surface area contributed by atoms with Crippen LogP contribution in [0.2, 0.25) is 0 Å². The van der Waals surface area contributed by atoms with Crippen LogP contribution in [0.4, 0.5) is 0 Å². The summed E-state index contributed by atoms with van der Waals surface area (Å²) in [4.78, 5) is 0. The summed E-state index contributed by atoms with van der Waals surface area (Å²) in [6, 6.07) is 68.2. The molecule has 0 unspecified atom stereocenters.